The number of hydrogen-bond donors (Lipinski definition) is 0. The van der Waals surface area contributed by atoms with E-state index < -0.39 is 11.7 Å². The fourth-order valence-corrected chi connectivity index (χ4v) is 1.00. The molecule has 0 unspecified atom stereocenters. The van der Waals surface area contributed by atoms with E-state index in [-0.39, 0.29) is 5.82 Å². The molecule has 0 amide bonds. The predicted molar refractivity (Wildman–Crippen MR) is 44.2 cm³/mol. The highest BCUT2D eigenvalue weighted by Crippen LogP contribution is 2.28. The normalized spacial score (nSPS) is 11.7. The van der Waals surface area contributed by atoms with Crippen LogP contribution >= 0.6 is 0 Å². The molecule has 2 aromatic heterocycles. The quantitative estimate of drug-likeness (QED) is 0.725. The summed E-state index contributed by atoms with van der Waals surface area (Å²) in [7, 11) is 0. The fourth-order valence-electron chi connectivity index (χ4n) is 1.00. The standard InChI is InChI=1S/C8H5F3N4/c9-8(10,11)6-3-14-15(5-6)7-4-12-1-2-13-7/h1-5H. The zero-order valence-electron chi connectivity index (χ0n) is 7.31. The fraction of sp³-hybridized carbons (Fsp3) is 0.125. The number of hydrogen-bond acceptors (Lipinski definition) is 3. The molecule has 78 valence electrons. The largest absolute Gasteiger partial charge is 0.419 e. The Morgan fingerprint density at radius 2 is 1.93 bits per heavy atom. The molecule has 2 rings (SSSR count). The van der Waals surface area contributed by atoms with Gasteiger partial charge in [0.25, 0.3) is 0 Å². The molecule has 0 saturated heterocycles. The predicted octanol–water partition coefficient (Wildman–Crippen LogP) is 1.68. The van der Waals surface area contributed by atoms with Gasteiger partial charge >= 0.3 is 6.18 Å². The summed E-state index contributed by atoms with van der Waals surface area (Å²) in [5.41, 5.74) is -0.812. The number of aromatic nitrogens is 4. The third-order valence-corrected chi connectivity index (χ3v) is 1.69. The molecule has 4 nitrogen and oxygen atoms in total. The SMILES string of the molecule is FC(F)(F)c1cnn(-c2cnccn2)c1. The molecule has 0 N–H and O–H groups in total. The maximum atomic E-state index is 12.2. The minimum absolute atomic E-state index is 0.244. The first-order valence-electron chi connectivity index (χ1n) is 3.95. The minimum atomic E-state index is -4.39. The lowest BCUT2D eigenvalue weighted by Crippen LogP contribution is -2.03. The molecule has 2 heterocycles. The first-order chi connectivity index (χ1) is 7.07. The van der Waals surface area contributed by atoms with Gasteiger partial charge in [-0.2, -0.15) is 18.3 Å². The van der Waals surface area contributed by atoms with Gasteiger partial charge in [-0.25, -0.2) is 9.67 Å². The average Bonchev–Trinajstić information content (AvgIpc) is 2.67. The first-order valence-corrected chi connectivity index (χ1v) is 3.95. The van der Waals surface area contributed by atoms with Gasteiger partial charge in [0.2, 0.25) is 0 Å². The molecule has 0 bridgehead atoms. The molecule has 0 aliphatic carbocycles. The van der Waals surface area contributed by atoms with Crippen LogP contribution in [0.5, 0.6) is 0 Å². The lowest BCUT2D eigenvalue weighted by Gasteiger charge is -2.00. The van der Waals surface area contributed by atoms with Crippen molar-refractivity contribution in [1.29, 1.82) is 0 Å². The van der Waals surface area contributed by atoms with Crippen LogP contribution in [0.15, 0.2) is 31.0 Å². The van der Waals surface area contributed by atoms with E-state index in [1.807, 2.05) is 0 Å². The molecule has 0 radical (unpaired) electrons. The van der Waals surface area contributed by atoms with E-state index in [2.05, 4.69) is 15.1 Å². The maximum Gasteiger partial charge on any atom is 0.419 e. The summed E-state index contributed by atoms with van der Waals surface area (Å²) in [4.78, 5) is 7.54. The van der Waals surface area contributed by atoms with Crippen LogP contribution in [0.3, 0.4) is 0 Å². The number of halogens is 3. The molecule has 0 aliphatic heterocycles. The third kappa shape index (κ3) is 1.95. The van der Waals surface area contributed by atoms with Crippen LogP contribution in [0, 0.1) is 0 Å². The Kier molecular flexibility index (Phi) is 2.14. The topological polar surface area (TPSA) is 43.6 Å². The molecular formula is C8H5F3N4. The maximum absolute atomic E-state index is 12.2. The van der Waals surface area contributed by atoms with Gasteiger partial charge < -0.3 is 0 Å². The van der Waals surface area contributed by atoms with Crippen molar-refractivity contribution in [3.63, 3.8) is 0 Å². The molecule has 0 spiro atoms. The van der Waals surface area contributed by atoms with Crippen LogP contribution in [0.2, 0.25) is 0 Å². The van der Waals surface area contributed by atoms with Gasteiger partial charge in [0.15, 0.2) is 5.82 Å². The Balaban J connectivity index is 2.37. The van der Waals surface area contributed by atoms with Crippen molar-refractivity contribution in [2.75, 3.05) is 0 Å². The van der Waals surface area contributed by atoms with Crippen LogP contribution in [0.25, 0.3) is 5.82 Å². The molecule has 0 atom stereocenters. The third-order valence-electron chi connectivity index (χ3n) is 1.69. The van der Waals surface area contributed by atoms with Crippen molar-refractivity contribution in [3.05, 3.63) is 36.5 Å². The number of alkyl halides is 3. The van der Waals surface area contributed by atoms with Crippen molar-refractivity contribution >= 4 is 0 Å². The molecule has 0 aliphatic rings. The van der Waals surface area contributed by atoms with E-state index in [0.29, 0.717) is 0 Å². The lowest BCUT2D eigenvalue weighted by atomic mass is 10.4. The van der Waals surface area contributed by atoms with Crippen molar-refractivity contribution in [1.82, 2.24) is 19.7 Å². The van der Waals surface area contributed by atoms with E-state index in [0.717, 1.165) is 17.1 Å². The van der Waals surface area contributed by atoms with Crippen LogP contribution in [-0.2, 0) is 6.18 Å². The summed E-state index contributed by atoms with van der Waals surface area (Å²) in [6.45, 7) is 0. The summed E-state index contributed by atoms with van der Waals surface area (Å²) in [5, 5.41) is 3.55. The zero-order valence-corrected chi connectivity index (χ0v) is 7.31. The Morgan fingerprint density at radius 3 is 2.47 bits per heavy atom. The number of rotatable bonds is 1. The highest BCUT2D eigenvalue weighted by molar-refractivity contribution is 5.19. The van der Waals surface area contributed by atoms with Gasteiger partial charge in [0, 0.05) is 18.6 Å². The van der Waals surface area contributed by atoms with Crippen molar-refractivity contribution in [3.8, 4) is 5.82 Å². The van der Waals surface area contributed by atoms with Crippen molar-refractivity contribution < 1.29 is 13.2 Å². The van der Waals surface area contributed by atoms with Crippen molar-refractivity contribution in [2.24, 2.45) is 0 Å². The summed E-state index contributed by atoms with van der Waals surface area (Å²) in [6, 6.07) is 0. The van der Waals surface area contributed by atoms with Crippen LogP contribution in [0.4, 0.5) is 13.2 Å². The molecule has 0 saturated carbocycles. The highest BCUT2D eigenvalue weighted by Gasteiger charge is 2.32. The van der Waals surface area contributed by atoms with Gasteiger partial charge in [0.05, 0.1) is 18.0 Å². The van der Waals surface area contributed by atoms with Gasteiger partial charge in [-0.05, 0) is 0 Å². The summed E-state index contributed by atoms with van der Waals surface area (Å²) in [6.07, 6.45) is 1.36. The summed E-state index contributed by atoms with van der Waals surface area (Å²) < 4.78 is 37.7. The first kappa shape index (κ1) is 9.63. The molecule has 0 aromatic carbocycles. The Labute approximate surface area is 82.4 Å². The Hall–Kier alpha value is -1.92. The van der Waals surface area contributed by atoms with Gasteiger partial charge in [-0.3, -0.25) is 4.98 Å². The van der Waals surface area contributed by atoms with E-state index in [4.69, 9.17) is 0 Å². The zero-order chi connectivity index (χ0) is 10.9. The van der Waals surface area contributed by atoms with E-state index in [1.165, 1.54) is 18.6 Å². The van der Waals surface area contributed by atoms with Gasteiger partial charge in [0.1, 0.15) is 0 Å². The molecule has 7 heteroatoms. The monoisotopic (exact) mass is 214 g/mol. The average molecular weight is 214 g/mol. The van der Waals surface area contributed by atoms with Crippen molar-refractivity contribution in [2.45, 2.75) is 6.18 Å². The van der Waals surface area contributed by atoms with Gasteiger partial charge in [-0.1, -0.05) is 0 Å². The van der Waals surface area contributed by atoms with Crippen LogP contribution in [0.1, 0.15) is 5.56 Å². The molecule has 15 heavy (non-hydrogen) atoms. The molecule has 2 aromatic rings. The highest BCUT2D eigenvalue weighted by atomic mass is 19.4. The smallest absolute Gasteiger partial charge is 0.259 e. The van der Waals surface area contributed by atoms with Crippen LogP contribution in [-0.4, -0.2) is 19.7 Å². The summed E-state index contributed by atoms with van der Waals surface area (Å²) >= 11 is 0. The van der Waals surface area contributed by atoms with E-state index in [9.17, 15) is 13.2 Å². The second-order valence-electron chi connectivity index (χ2n) is 2.73. The van der Waals surface area contributed by atoms with Crippen LogP contribution < -0.4 is 0 Å². The van der Waals surface area contributed by atoms with E-state index in [1.54, 1.807) is 0 Å². The summed E-state index contributed by atoms with van der Waals surface area (Å²) in [5.74, 6) is 0.244. The van der Waals surface area contributed by atoms with E-state index >= 15 is 0 Å². The number of nitrogens with zero attached hydrogens (tertiary/aromatic N) is 4. The minimum Gasteiger partial charge on any atom is -0.259 e. The Bertz CT molecular complexity index is 448. The molecule has 0 fully saturated rings. The second-order valence-corrected chi connectivity index (χ2v) is 2.73. The van der Waals surface area contributed by atoms with Gasteiger partial charge in [-0.15, -0.1) is 0 Å². The lowest BCUT2D eigenvalue weighted by molar-refractivity contribution is -0.137. The second kappa shape index (κ2) is 3.34. The molecular weight excluding hydrogens is 209 g/mol. The Morgan fingerprint density at radius 1 is 1.13 bits per heavy atom.